The molecule has 0 unspecified atom stereocenters. The van der Waals surface area contributed by atoms with Crippen LogP contribution in [0.5, 0.6) is 5.75 Å². The fraction of sp³-hybridized carbons (Fsp3) is 0.467. The summed E-state index contributed by atoms with van der Waals surface area (Å²) in [6.45, 7) is 6.65. The molecule has 0 heterocycles. The number of hydrogen-bond donors (Lipinski definition) is 2. The Morgan fingerprint density at radius 1 is 0.906 bits per heavy atom. The maximum atomic E-state index is 10.4. The molecule has 168 valence electrons. The highest BCUT2D eigenvalue weighted by Crippen LogP contribution is 2.60. The van der Waals surface area contributed by atoms with Gasteiger partial charge in [0.2, 0.25) is 0 Å². The molecule has 3 aromatic rings. The number of fused-ring (bicyclic) bond motifs is 6. The Morgan fingerprint density at radius 3 is 2.56 bits per heavy atom. The normalized spacial score (nSPS) is 30.6. The van der Waals surface area contributed by atoms with Gasteiger partial charge in [0, 0.05) is 0 Å². The molecule has 0 bridgehead atoms. The number of phenols is 1. The van der Waals surface area contributed by atoms with Gasteiger partial charge in [0.15, 0.2) is 0 Å². The zero-order chi connectivity index (χ0) is 22.5. The van der Waals surface area contributed by atoms with Crippen LogP contribution in [0.3, 0.4) is 0 Å². The molecule has 2 fully saturated rings. The summed E-state index contributed by atoms with van der Waals surface area (Å²) in [7, 11) is 0. The minimum absolute atomic E-state index is 0.0883. The van der Waals surface area contributed by atoms with E-state index in [1.54, 1.807) is 0 Å². The van der Waals surface area contributed by atoms with Crippen molar-refractivity contribution in [3.8, 4) is 5.75 Å². The summed E-state index contributed by atoms with van der Waals surface area (Å²) in [6, 6.07) is 18.8. The van der Waals surface area contributed by atoms with E-state index in [1.807, 2.05) is 12.1 Å². The zero-order valence-corrected chi connectivity index (χ0v) is 19.6. The van der Waals surface area contributed by atoms with Gasteiger partial charge in [-0.05, 0) is 121 Å². The van der Waals surface area contributed by atoms with Crippen molar-refractivity contribution < 1.29 is 10.2 Å². The number of rotatable bonds is 0. The quantitative estimate of drug-likeness (QED) is 0.402. The van der Waals surface area contributed by atoms with Crippen LogP contribution < -0.4 is 0 Å². The molecule has 0 aliphatic heterocycles. The fourth-order valence-corrected chi connectivity index (χ4v) is 7.08. The van der Waals surface area contributed by atoms with Crippen LogP contribution in [-0.4, -0.2) is 16.3 Å². The summed E-state index contributed by atoms with van der Waals surface area (Å²) in [4.78, 5) is 0. The van der Waals surface area contributed by atoms with Crippen LogP contribution in [0, 0.1) is 31.1 Å². The second-order valence-corrected chi connectivity index (χ2v) is 10.7. The lowest BCUT2D eigenvalue weighted by Crippen LogP contribution is -2.43. The van der Waals surface area contributed by atoms with Crippen molar-refractivity contribution in [1.82, 2.24) is 0 Å². The molecule has 0 saturated heterocycles. The first-order valence-electron chi connectivity index (χ1n) is 12.3. The molecule has 3 aromatic carbocycles. The summed E-state index contributed by atoms with van der Waals surface area (Å²) in [5, 5.41) is 22.8. The van der Waals surface area contributed by atoms with Crippen LogP contribution >= 0.6 is 0 Å². The lowest BCUT2D eigenvalue weighted by Gasteiger charge is -2.50. The highest BCUT2D eigenvalue weighted by atomic mass is 16.3. The SMILES string of the molecule is C[C@]12CC[C@@H]3c4ccc(O)cc4CC[C@H]3[C@@H]1CC[C@@H]2O.Cc1ccc2ccccc2c1C. The van der Waals surface area contributed by atoms with Crippen molar-refractivity contribution in [2.75, 3.05) is 0 Å². The Labute approximate surface area is 192 Å². The second-order valence-electron chi connectivity index (χ2n) is 10.7. The number of hydrogen-bond acceptors (Lipinski definition) is 2. The molecule has 2 saturated carbocycles. The fourth-order valence-electron chi connectivity index (χ4n) is 7.08. The minimum Gasteiger partial charge on any atom is -0.508 e. The van der Waals surface area contributed by atoms with E-state index < -0.39 is 0 Å². The van der Waals surface area contributed by atoms with Crippen LogP contribution in [0.1, 0.15) is 67.2 Å². The maximum Gasteiger partial charge on any atom is 0.115 e. The van der Waals surface area contributed by atoms with Crippen molar-refractivity contribution in [2.45, 2.75) is 71.3 Å². The zero-order valence-electron chi connectivity index (χ0n) is 19.6. The monoisotopic (exact) mass is 428 g/mol. The molecule has 0 amide bonds. The van der Waals surface area contributed by atoms with Gasteiger partial charge in [-0.3, -0.25) is 0 Å². The van der Waals surface area contributed by atoms with Gasteiger partial charge in [-0.15, -0.1) is 0 Å². The van der Waals surface area contributed by atoms with Crippen LogP contribution in [0.4, 0.5) is 0 Å². The molecule has 32 heavy (non-hydrogen) atoms. The van der Waals surface area contributed by atoms with Crippen LogP contribution in [0.25, 0.3) is 10.8 Å². The number of aliphatic hydroxyl groups is 1. The summed E-state index contributed by atoms with van der Waals surface area (Å²) < 4.78 is 0. The molecular weight excluding hydrogens is 392 g/mol. The lowest BCUT2D eigenvalue weighted by molar-refractivity contribution is -0.0226. The van der Waals surface area contributed by atoms with Crippen LogP contribution in [-0.2, 0) is 6.42 Å². The van der Waals surface area contributed by atoms with Gasteiger partial charge in [-0.25, -0.2) is 0 Å². The topological polar surface area (TPSA) is 40.5 Å². The van der Waals surface area contributed by atoms with Crippen molar-refractivity contribution in [3.63, 3.8) is 0 Å². The summed E-state index contributed by atoms with van der Waals surface area (Å²) >= 11 is 0. The molecule has 2 nitrogen and oxygen atoms in total. The van der Waals surface area contributed by atoms with E-state index in [9.17, 15) is 10.2 Å². The van der Waals surface area contributed by atoms with Crippen LogP contribution in [0.15, 0.2) is 54.6 Å². The summed E-state index contributed by atoms with van der Waals surface area (Å²) in [5.41, 5.74) is 5.76. The molecule has 0 spiro atoms. The second kappa shape index (κ2) is 8.23. The molecule has 5 atom stereocenters. The Hall–Kier alpha value is -2.32. The first-order chi connectivity index (χ1) is 15.4. The number of phenolic OH excluding ortho intramolecular Hbond substituents is 1. The lowest BCUT2D eigenvalue weighted by atomic mass is 9.55. The Morgan fingerprint density at radius 2 is 1.72 bits per heavy atom. The van der Waals surface area contributed by atoms with Crippen molar-refractivity contribution in [3.05, 3.63) is 76.9 Å². The van der Waals surface area contributed by atoms with E-state index in [4.69, 9.17) is 0 Å². The first kappa shape index (κ1) is 21.5. The van der Waals surface area contributed by atoms with E-state index in [2.05, 4.69) is 63.2 Å². The molecule has 0 aromatic heterocycles. The summed E-state index contributed by atoms with van der Waals surface area (Å²) in [5.74, 6) is 2.49. The Kier molecular flexibility index (Phi) is 5.53. The van der Waals surface area contributed by atoms with Crippen LogP contribution in [0.2, 0.25) is 0 Å². The van der Waals surface area contributed by atoms with Crippen molar-refractivity contribution >= 4 is 10.8 Å². The molecular formula is C30H36O2. The highest BCUT2D eigenvalue weighted by molar-refractivity contribution is 5.86. The predicted octanol–water partition coefficient (Wildman–Crippen LogP) is 7.07. The van der Waals surface area contributed by atoms with Gasteiger partial charge in [0.25, 0.3) is 0 Å². The molecule has 0 radical (unpaired) electrons. The maximum absolute atomic E-state index is 10.4. The highest BCUT2D eigenvalue weighted by Gasteiger charge is 2.54. The third kappa shape index (κ3) is 3.53. The van der Waals surface area contributed by atoms with Gasteiger partial charge in [0.1, 0.15) is 5.75 Å². The minimum atomic E-state index is -0.0883. The number of benzene rings is 3. The van der Waals surface area contributed by atoms with Crippen molar-refractivity contribution in [1.29, 1.82) is 0 Å². The molecule has 2 heteroatoms. The number of aromatic hydroxyl groups is 1. The van der Waals surface area contributed by atoms with Gasteiger partial charge >= 0.3 is 0 Å². The number of aryl methyl sites for hydroxylation is 3. The predicted molar refractivity (Wildman–Crippen MR) is 132 cm³/mol. The van der Waals surface area contributed by atoms with E-state index in [0.29, 0.717) is 17.6 Å². The van der Waals surface area contributed by atoms with E-state index in [-0.39, 0.29) is 11.5 Å². The third-order valence-corrected chi connectivity index (χ3v) is 9.13. The standard InChI is InChI=1S/C18H24O2.C12H12/c1-18-9-8-14-13-5-3-12(19)10-11(13)2-4-15(14)16(18)6-7-17(18)20;1-9-7-8-11-5-3-4-6-12(11)10(9)2/h3,5,10,14-17,19-20H,2,4,6-9H2,1H3;3-8H,1-2H3/t14-,15-,16+,17+,18+;/m1./s1. The summed E-state index contributed by atoms with van der Waals surface area (Å²) in [6.07, 6.45) is 6.78. The van der Waals surface area contributed by atoms with Gasteiger partial charge < -0.3 is 10.2 Å². The van der Waals surface area contributed by atoms with E-state index in [0.717, 1.165) is 25.2 Å². The molecule has 3 aliphatic carbocycles. The Bertz CT molecular complexity index is 1130. The molecule has 3 aliphatic rings. The first-order valence-corrected chi connectivity index (χ1v) is 12.3. The largest absolute Gasteiger partial charge is 0.508 e. The number of aliphatic hydroxyl groups excluding tert-OH is 1. The average Bonchev–Trinajstić information content (AvgIpc) is 3.11. The van der Waals surface area contributed by atoms with E-state index >= 15 is 0 Å². The molecule has 2 N–H and O–H groups in total. The van der Waals surface area contributed by atoms with Gasteiger partial charge in [-0.1, -0.05) is 49.4 Å². The Balaban J connectivity index is 0.000000154. The van der Waals surface area contributed by atoms with Crippen molar-refractivity contribution in [2.24, 2.45) is 17.3 Å². The van der Waals surface area contributed by atoms with Gasteiger partial charge in [0.05, 0.1) is 6.10 Å². The molecule has 6 rings (SSSR count). The smallest absolute Gasteiger partial charge is 0.115 e. The third-order valence-electron chi connectivity index (χ3n) is 9.13. The van der Waals surface area contributed by atoms with Gasteiger partial charge in [-0.2, -0.15) is 0 Å². The van der Waals surface area contributed by atoms with E-state index in [1.165, 1.54) is 52.3 Å². The average molecular weight is 429 g/mol.